The molecule has 0 saturated heterocycles. The van der Waals surface area contributed by atoms with Gasteiger partial charge < -0.3 is 19.5 Å². The van der Waals surface area contributed by atoms with Gasteiger partial charge in [-0.15, -0.1) is 0 Å². The van der Waals surface area contributed by atoms with Gasteiger partial charge in [-0.25, -0.2) is 4.79 Å². The smallest absolute Gasteiger partial charge is 0.354 e. The summed E-state index contributed by atoms with van der Waals surface area (Å²) in [5, 5.41) is 14.9. The predicted molar refractivity (Wildman–Crippen MR) is 105 cm³/mol. The maximum absolute atomic E-state index is 12.7. The van der Waals surface area contributed by atoms with Crippen LogP contribution < -0.4 is 14.8 Å². The fraction of sp³-hybridized carbons (Fsp3) is 0.200. The van der Waals surface area contributed by atoms with Crippen molar-refractivity contribution in [1.29, 1.82) is 0 Å². The van der Waals surface area contributed by atoms with Crippen LogP contribution in [0.15, 0.2) is 54.2 Å². The zero-order chi connectivity index (χ0) is 20.4. The van der Waals surface area contributed by atoms with E-state index in [0.29, 0.717) is 23.0 Å². The summed E-state index contributed by atoms with van der Waals surface area (Å²) in [6.07, 6.45) is 0. The van der Waals surface area contributed by atoms with E-state index < -0.39 is 12.0 Å². The standard InChI is InChI=1S/C20H19N5O4/c1-27-14-10-9-13(11-15(14)28-2)16-17(19(26)29-3)21-20-22-23-24-25(20)18(16)12-7-5-4-6-8-12/h4-11,18H,1-3H3,(H,21,22,24)/t18-/m1/s1. The fourth-order valence-corrected chi connectivity index (χ4v) is 3.40. The first-order valence-corrected chi connectivity index (χ1v) is 8.82. The number of hydrogen-bond acceptors (Lipinski definition) is 8. The molecule has 0 radical (unpaired) electrons. The summed E-state index contributed by atoms with van der Waals surface area (Å²) in [4.78, 5) is 12.7. The number of methoxy groups -OCH3 is 3. The van der Waals surface area contributed by atoms with Crippen LogP contribution in [0.25, 0.3) is 5.57 Å². The van der Waals surface area contributed by atoms with Gasteiger partial charge in [-0.1, -0.05) is 41.5 Å². The minimum absolute atomic E-state index is 0.260. The van der Waals surface area contributed by atoms with Crippen LogP contribution in [0, 0.1) is 0 Å². The number of nitrogens with zero attached hydrogens (tertiary/aromatic N) is 4. The van der Waals surface area contributed by atoms with E-state index in [1.807, 2.05) is 42.5 Å². The summed E-state index contributed by atoms with van der Waals surface area (Å²) in [5.74, 6) is 0.948. The molecule has 9 heteroatoms. The molecular weight excluding hydrogens is 374 g/mol. The molecule has 0 saturated carbocycles. The molecule has 2 heterocycles. The Morgan fingerprint density at radius 3 is 2.48 bits per heavy atom. The fourth-order valence-electron chi connectivity index (χ4n) is 3.40. The van der Waals surface area contributed by atoms with Gasteiger partial charge in [-0.2, -0.15) is 4.68 Å². The molecule has 1 atom stereocenters. The van der Waals surface area contributed by atoms with Crippen molar-refractivity contribution in [2.45, 2.75) is 6.04 Å². The summed E-state index contributed by atoms with van der Waals surface area (Å²) in [6, 6.07) is 14.7. The Kier molecular flexibility index (Phi) is 4.86. The summed E-state index contributed by atoms with van der Waals surface area (Å²) in [7, 11) is 4.46. The lowest BCUT2D eigenvalue weighted by molar-refractivity contribution is -0.135. The molecule has 4 rings (SSSR count). The molecular formula is C20H19N5O4. The first-order chi connectivity index (χ1) is 14.2. The summed E-state index contributed by atoms with van der Waals surface area (Å²) in [5.41, 5.74) is 2.57. The van der Waals surface area contributed by atoms with Gasteiger partial charge in [0.05, 0.1) is 21.3 Å². The minimum atomic E-state index is -0.523. The molecule has 148 valence electrons. The molecule has 3 aromatic rings. The van der Waals surface area contributed by atoms with E-state index in [9.17, 15) is 4.79 Å². The maximum Gasteiger partial charge on any atom is 0.354 e. The molecule has 1 N–H and O–H groups in total. The van der Waals surface area contributed by atoms with Gasteiger partial charge in [0.1, 0.15) is 11.7 Å². The Morgan fingerprint density at radius 2 is 1.79 bits per heavy atom. The number of carbonyl (C=O) groups is 1. The molecule has 1 aliphatic rings. The molecule has 0 bridgehead atoms. The third-order valence-electron chi connectivity index (χ3n) is 4.72. The molecule has 9 nitrogen and oxygen atoms in total. The number of rotatable bonds is 5. The highest BCUT2D eigenvalue weighted by Gasteiger charge is 2.35. The van der Waals surface area contributed by atoms with E-state index in [2.05, 4.69) is 20.8 Å². The number of carbonyl (C=O) groups excluding carboxylic acids is 1. The SMILES string of the molecule is COC(=O)C1=C(c2ccc(OC)c(OC)c2)[C@@H](c2ccccc2)n2nnnc2N1. The van der Waals surface area contributed by atoms with Gasteiger partial charge in [0, 0.05) is 5.57 Å². The highest BCUT2D eigenvalue weighted by atomic mass is 16.5. The quantitative estimate of drug-likeness (QED) is 0.659. The normalized spacial score (nSPS) is 15.3. The average molecular weight is 393 g/mol. The van der Waals surface area contributed by atoms with Gasteiger partial charge in [0.2, 0.25) is 5.95 Å². The number of hydrogen-bond donors (Lipinski definition) is 1. The third kappa shape index (κ3) is 3.16. The zero-order valence-electron chi connectivity index (χ0n) is 16.1. The van der Waals surface area contributed by atoms with Crippen LogP contribution in [0.4, 0.5) is 5.95 Å². The third-order valence-corrected chi connectivity index (χ3v) is 4.72. The Morgan fingerprint density at radius 1 is 1.03 bits per heavy atom. The molecule has 0 unspecified atom stereocenters. The highest BCUT2D eigenvalue weighted by molar-refractivity contribution is 6.02. The van der Waals surface area contributed by atoms with Crippen molar-refractivity contribution in [1.82, 2.24) is 20.2 Å². The number of aromatic nitrogens is 4. The lowest BCUT2D eigenvalue weighted by Crippen LogP contribution is -2.29. The number of fused-ring (bicyclic) bond motifs is 1. The van der Waals surface area contributed by atoms with Crippen LogP contribution in [0.1, 0.15) is 17.2 Å². The second-order valence-corrected chi connectivity index (χ2v) is 6.24. The van der Waals surface area contributed by atoms with Crippen molar-refractivity contribution < 1.29 is 19.0 Å². The van der Waals surface area contributed by atoms with Crippen LogP contribution in [0.2, 0.25) is 0 Å². The van der Waals surface area contributed by atoms with Crippen LogP contribution in [-0.2, 0) is 9.53 Å². The summed E-state index contributed by atoms with van der Waals surface area (Å²) in [6.45, 7) is 0. The second-order valence-electron chi connectivity index (χ2n) is 6.24. The maximum atomic E-state index is 12.7. The van der Waals surface area contributed by atoms with Crippen molar-refractivity contribution >= 4 is 17.5 Å². The number of anilines is 1. The number of benzene rings is 2. The Balaban J connectivity index is 1.99. The average Bonchev–Trinajstić information content (AvgIpc) is 3.25. The number of nitrogens with one attached hydrogen (secondary N) is 1. The Hall–Kier alpha value is -3.88. The predicted octanol–water partition coefficient (Wildman–Crippen LogP) is 2.29. The van der Waals surface area contributed by atoms with Crippen molar-refractivity contribution in [2.75, 3.05) is 26.6 Å². The molecule has 0 amide bonds. The van der Waals surface area contributed by atoms with E-state index in [-0.39, 0.29) is 5.70 Å². The Bertz CT molecular complexity index is 1080. The Labute approximate surface area is 166 Å². The van der Waals surface area contributed by atoms with Crippen LogP contribution >= 0.6 is 0 Å². The largest absolute Gasteiger partial charge is 0.493 e. The lowest BCUT2D eigenvalue weighted by Gasteiger charge is -2.29. The van der Waals surface area contributed by atoms with E-state index >= 15 is 0 Å². The highest BCUT2D eigenvalue weighted by Crippen LogP contribution is 2.42. The topological polar surface area (TPSA) is 100 Å². The van der Waals surface area contributed by atoms with E-state index in [1.165, 1.54) is 7.11 Å². The van der Waals surface area contributed by atoms with Crippen LogP contribution in [0.5, 0.6) is 11.5 Å². The second kappa shape index (κ2) is 7.63. The van der Waals surface area contributed by atoms with Gasteiger partial charge in [-0.3, -0.25) is 0 Å². The van der Waals surface area contributed by atoms with Gasteiger partial charge in [0.15, 0.2) is 11.5 Å². The van der Waals surface area contributed by atoms with Crippen molar-refractivity contribution in [2.24, 2.45) is 0 Å². The van der Waals surface area contributed by atoms with Gasteiger partial charge in [-0.05, 0) is 33.7 Å². The first-order valence-electron chi connectivity index (χ1n) is 8.82. The van der Waals surface area contributed by atoms with E-state index in [4.69, 9.17) is 14.2 Å². The molecule has 0 spiro atoms. The number of allylic oxidation sites excluding steroid dienone is 1. The van der Waals surface area contributed by atoms with Crippen molar-refractivity contribution in [3.05, 3.63) is 65.4 Å². The number of esters is 1. The van der Waals surface area contributed by atoms with Gasteiger partial charge >= 0.3 is 5.97 Å². The molecule has 0 fully saturated rings. The van der Waals surface area contributed by atoms with Crippen molar-refractivity contribution in [3.63, 3.8) is 0 Å². The first kappa shape index (κ1) is 18.5. The lowest BCUT2D eigenvalue weighted by atomic mass is 9.89. The van der Waals surface area contributed by atoms with Gasteiger partial charge in [0.25, 0.3) is 0 Å². The zero-order valence-corrected chi connectivity index (χ0v) is 16.1. The van der Waals surface area contributed by atoms with Crippen molar-refractivity contribution in [3.8, 4) is 11.5 Å². The number of tetrazole rings is 1. The van der Waals surface area contributed by atoms with E-state index in [0.717, 1.165) is 11.1 Å². The monoisotopic (exact) mass is 393 g/mol. The van der Waals surface area contributed by atoms with Crippen LogP contribution in [0.3, 0.4) is 0 Å². The minimum Gasteiger partial charge on any atom is -0.493 e. The van der Waals surface area contributed by atoms with E-state index in [1.54, 1.807) is 25.0 Å². The van der Waals surface area contributed by atoms with Crippen LogP contribution in [-0.4, -0.2) is 47.5 Å². The molecule has 0 aliphatic carbocycles. The molecule has 1 aliphatic heterocycles. The molecule has 29 heavy (non-hydrogen) atoms. The molecule has 2 aromatic carbocycles. The summed E-state index contributed by atoms with van der Waals surface area (Å²) >= 11 is 0. The molecule has 1 aromatic heterocycles. The number of ether oxygens (including phenoxy) is 3. The summed E-state index contributed by atoms with van der Waals surface area (Å²) < 4.78 is 17.5.